The second-order valence-electron chi connectivity index (χ2n) is 4.24. The van der Waals surface area contributed by atoms with Gasteiger partial charge >= 0.3 is 11.8 Å². The van der Waals surface area contributed by atoms with Crippen LogP contribution >= 0.6 is 11.3 Å². The number of para-hydroxylation sites is 1. The van der Waals surface area contributed by atoms with E-state index in [1.54, 1.807) is 18.6 Å². The van der Waals surface area contributed by atoms with E-state index in [1.807, 2.05) is 25.1 Å². The Hall–Kier alpha value is -2.41. The third kappa shape index (κ3) is 4.03. The fourth-order valence-electron chi connectivity index (χ4n) is 1.67. The number of thiazole rings is 1. The van der Waals surface area contributed by atoms with E-state index < -0.39 is 11.8 Å². The van der Waals surface area contributed by atoms with E-state index in [0.29, 0.717) is 10.9 Å². The summed E-state index contributed by atoms with van der Waals surface area (Å²) in [4.78, 5) is 27.5. The highest BCUT2D eigenvalue weighted by Gasteiger charge is 2.15. The molecule has 1 aromatic carbocycles. The summed E-state index contributed by atoms with van der Waals surface area (Å²) in [5.41, 5.74) is 1.59. The van der Waals surface area contributed by atoms with Gasteiger partial charge in [-0.25, -0.2) is 4.98 Å². The van der Waals surface area contributed by atoms with Crippen molar-refractivity contribution in [3.05, 3.63) is 40.9 Å². The van der Waals surface area contributed by atoms with Crippen LogP contribution in [0.5, 0.6) is 5.75 Å². The van der Waals surface area contributed by atoms with Crippen molar-refractivity contribution in [2.45, 2.75) is 13.5 Å². The van der Waals surface area contributed by atoms with Crippen LogP contribution < -0.4 is 15.4 Å². The smallest absolute Gasteiger partial charge is 0.315 e. The molecule has 2 rings (SSSR count). The molecular formula is C14H15N3O3S. The lowest BCUT2D eigenvalue weighted by Gasteiger charge is -2.09. The van der Waals surface area contributed by atoms with Crippen molar-refractivity contribution in [3.8, 4) is 5.75 Å². The number of anilines is 1. The highest BCUT2D eigenvalue weighted by Crippen LogP contribution is 2.17. The average Bonchev–Trinajstić information content (AvgIpc) is 2.90. The largest absolute Gasteiger partial charge is 0.496 e. The SMILES string of the molecule is COc1ccccc1CNC(=O)C(=O)Nc1nc(C)cs1. The number of aromatic nitrogens is 1. The van der Waals surface area contributed by atoms with Crippen LogP contribution in [0.3, 0.4) is 0 Å². The number of aryl methyl sites for hydroxylation is 1. The maximum atomic E-state index is 11.7. The number of rotatable bonds is 4. The number of carbonyl (C=O) groups excluding carboxylic acids is 2. The topological polar surface area (TPSA) is 80.3 Å². The van der Waals surface area contributed by atoms with Crippen molar-refractivity contribution < 1.29 is 14.3 Å². The Labute approximate surface area is 126 Å². The lowest BCUT2D eigenvalue weighted by atomic mass is 10.2. The molecule has 2 aromatic rings. The Morgan fingerprint density at radius 3 is 2.71 bits per heavy atom. The third-order valence-corrected chi connectivity index (χ3v) is 3.55. The minimum Gasteiger partial charge on any atom is -0.496 e. The minimum atomic E-state index is -0.737. The predicted molar refractivity (Wildman–Crippen MR) is 80.3 cm³/mol. The Kier molecular flexibility index (Phi) is 4.89. The fraction of sp³-hybridized carbons (Fsp3) is 0.214. The zero-order valence-corrected chi connectivity index (χ0v) is 12.5. The first-order valence-electron chi connectivity index (χ1n) is 6.23. The number of methoxy groups -OCH3 is 1. The molecule has 0 atom stereocenters. The van der Waals surface area contributed by atoms with Crippen molar-refractivity contribution in [3.63, 3.8) is 0 Å². The van der Waals surface area contributed by atoms with Crippen LogP contribution in [0.4, 0.5) is 5.13 Å². The molecule has 0 bridgehead atoms. The summed E-state index contributed by atoms with van der Waals surface area (Å²) in [6.45, 7) is 2.03. The molecule has 0 unspecified atom stereocenters. The molecule has 0 fully saturated rings. The molecule has 21 heavy (non-hydrogen) atoms. The lowest BCUT2D eigenvalue weighted by Crippen LogP contribution is -2.35. The average molecular weight is 305 g/mol. The van der Waals surface area contributed by atoms with Gasteiger partial charge in [-0.2, -0.15) is 0 Å². The maximum absolute atomic E-state index is 11.7. The zero-order valence-electron chi connectivity index (χ0n) is 11.7. The number of nitrogens with one attached hydrogen (secondary N) is 2. The number of nitrogens with zero attached hydrogens (tertiary/aromatic N) is 1. The van der Waals surface area contributed by atoms with E-state index in [4.69, 9.17) is 4.74 Å². The molecule has 0 aliphatic rings. The second-order valence-corrected chi connectivity index (χ2v) is 5.10. The van der Waals surface area contributed by atoms with Crippen molar-refractivity contribution in [1.82, 2.24) is 10.3 Å². The van der Waals surface area contributed by atoms with E-state index >= 15 is 0 Å². The number of amides is 2. The third-order valence-electron chi connectivity index (χ3n) is 2.68. The fourth-order valence-corrected chi connectivity index (χ4v) is 2.35. The van der Waals surface area contributed by atoms with Crippen LogP contribution in [0.1, 0.15) is 11.3 Å². The monoisotopic (exact) mass is 305 g/mol. The van der Waals surface area contributed by atoms with Gasteiger partial charge in [0, 0.05) is 17.5 Å². The van der Waals surface area contributed by atoms with E-state index in [0.717, 1.165) is 11.3 Å². The highest BCUT2D eigenvalue weighted by molar-refractivity contribution is 7.14. The summed E-state index contributed by atoms with van der Waals surface area (Å²) >= 11 is 1.27. The summed E-state index contributed by atoms with van der Waals surface area (Å²) < 4.78 is 5.18. The van der Waals surface area contributed by atoms with Gasteiger partial charge in [0.2, 0.25) is 0 Å². The Balaban J connectivity index is 1.90. The molecule has 2 amide bonds. The van der Waals surface area contributed by atoms with Crippen molar-refractivity contribution in [1.29, 1.82) is 0 Å². The standard InChI is InChI=1S/C14H15N3O3S/c1-9-8-21-14(16-9)17-13(19)12(18)15-7-10-5-3-4-6-11(10)20-2/h3-6,8H,7H2,1-2H3,(H,15,18)(H,16,17,19). The first-order chi connectivity index (χ1) is 10.1. The molecule has 0 saturated carbocycles. The number of ether oxygens (including phenoxy) is 1. The number of carbonyl (C=O) groups is 2. The van der Waals surface area contributed by atoms with Crippen molar-refractivity contribution in [2.75, 3.05) is 12.4 Å². The van der Waals surface area contributed by atoms with Crippen molar-refractivity contribution in [2.24, 2.45) is 0 Å². The quantitative estimate of drug-likeness (QED) is 0.843. The van der Waals surface area contributed by atoms with Crippen LogP contribution in [0.2, 0.25) is 0 Å². The van der Waals surface area contributed by atoms with Gasteiger partial charge in [-0.05, 0) is 13.0 Å². The molecule has 6 nitrogen and oxygen atoms in total. The molecule has 7 heteroatoms. The number of benzene rings is 1. The number of hydrogen-bond donors (Lipinski definition) is 2. The molecule has 2 N–H and O–H groups in total. The first kappa shape index (κ1) is 15.0. The normalized spacial score (nSPS) is 10.0. The Morgan fingerprint density at radius 1 is 1.29 bits per heavy atom. The predicted octanol–water partition coefficient (Wildman–Crippen LogP) is 1.72. The lowest BCUT2D eigenvalue weighted by molar-refractivity contribution is -0.136. The van der Waals surface area contributed by atoms with Crippen LogP contribution in [0, 0.1) is 6.92 Å². The highest BCUT2D eigenvalue weighted by atomic mass is 32.1. The molecule has 110 valence electrons. The molecule has 0 aliphatic heterocycles. The molecule has 1 aromatic heterocycles. The number of hydrogen-bond acceptors (Lipinski definition) is 5. The van der Waals surface area contributed by atoms with E-state index in [1.165, 1.54) is 11.3 Å². The molecule has 1 heterocycles. The summed E-state index contributed by atoms with van der Waals surface area (Å²) in [7, 11) is 1.55. The van der Waals surface area contributed by atoms with Crippen LogP contribution in [-0.2, 0) is 16.1 Å². The van der Waals surface area contributed by atoms with Gasteiger partial charge in [-0.3, -0.25) is 14.9 Å². The van der Waals surface area contributed by atoms with E-state index in [-0.39, 0.29) is 6.54 Å². The molecule has 0 saturated heterocycles. The maximum Gasteiger partial charge on any atom is 0.315 e. The summed E-state index contributed by atoms with van der Waals surface area (Å²) in [6, 6.07) is 7.28. The Morgan fingerprint density at radius 2 is 2.05 bits per heavy atom. The van der Waals surface area contributed by atoms with Crippen LogP contribution in [0.25, 0.3) is 0 Å². The second kappa shape index (κ2) is 6.85. The molecule has 0 radical (unpaired) electrons. The molecule has 0 spiro atoms. The van der Waals surface area contributed by atoms with Gasteiger partial charge in [0.05, 0.1) is 12.8 Å². The van der Waals surface area contributed by atoms with Crippen LogP contribution in [0.15, 0.2) is 29.6 Å². The summed E-state index contributed by atoms with van der Waals surface area (Å²) in [6.07, 6.45) is 0. The van der Waals surface area contributed by atoms with Gasteiger partial charge in [0.1, 0.15) is 5.75 Å². The van der Waals surface area contributed by atoms with Gasteiger partial charge in [-0.15, -0.1) is 11.3 Å². The first-order valence-corrected chi connectivity index (χ1v) is 7.11. The van der Waals surface area contributed by atoms with E-state index in [2.05, 4.69) is 15.6 Å². The zero-order chi connectivity index (χ0) is 15.2. The summed E-state index contributed by atoms with van der Waals surface area (Å²) in [5.74, 6) is -0.790. The minimum absolute atomic E-state index is 0.215. The van der Waals surface area contributed by atoms with Gasteiger partial charge < -0.3 is 10.1 Å². The van der Waals surface area contributed by atoms with Gasteiger partial charge in [0.15, 0.2) is 5.13 Å². The summed E-state index contributed by atoms with van der Waals surface area (Å²) in [5, 5.41) is 7.20. The molecule has 0 aliphatic carbocycles. The van der Waals surface area contributed by atoms with Crippen molar-refractivity contribution >= 4 is 28.3 Å². The van der Waals surface area contributed by atoms with Gasteiger partial charge in [0.25, 0.3) is 0 Å². The molecular weight excluding hydrogens is 290 g/mol. The van der Waals surface area contributed by atoms with Crippen LogP contribution in [-0.4, -0.2) is 23.9 Å². The van der Waals surface area contributed by atoms with E-state index in [9.17, 15) is 9.59 Å². The van der Waals surface area contributed by atoms with Gasteiger partial charge in [-0.1, -0.05) is 18.2 Å². The Bertz CT molecular complexity index is 654.